The Kier molecular flexibility index (Phi) is 5.80. The quantitative estimate of drug-likeness (QED) is 0.178. The Labute approximate surface area is 309 Å². The van der Waals surface area contributed by atoms with E-state index in [1.807, 2.05) is 22.7 Å². The van der Waals surface area contributed by atoms with E-state index in [0.717, 1.165) is 5.69 Å². The first-order chi connectivity index (χ1) is 25.8. The van der Waals surface area contributed by atoms with Crippen molar-refractivity contribution >= 4 is 80.1 Å². The third-order valence-electron chi connectivity index (χ3n) is 11.5. The average molecular weight is 696 g/mol. The number of thiophene rings is 2. The van der Waals surface area contributed by atoms with E-state index in [-0.39, 0.29) is 0 Å². The van der Waals surface area contributed by atoms with E-state index < -0.39 is 5.41 Å². The van der Waals surface area contributed by atoms with E-state index in [9.17, 15) is 0 Å². The molecule has 2 aliphatic carbocycles. The van der Waals surface area contributed by atoms with Gasteiger partial charge in [-0.3, -0.25) is 0 Å². The van der Waals surface area contributed by atoms with Crippen LogP contribution in [0.1, 0.15) is 22.3 Å². The highest BCUT2D eigenvalue weighted by Crippen LogP contribution is 2.65. The fourth-order valence-electron chi connectivity index (χ4n) is 9.52. The van der Waals surface area contributed by atoms with Crippen molar-refractivity contribution in [2.75, 3.05) is 4.90 Å². The van der Waals surface area contributed by atoms with E-state index in [4.69, 9.17) is 0 Å². The van der Waals surface area contributed by atoms with Gasteiger partial charge in [-0.15, -0.1) is 22.7 Å². The Balaban J connectivity index is 1.19. The molecule has 0 bridgehead atoms. The van der Waals surface area contributed by atoms with Crippen LogP contribution in [0.3, 0.4) is 0 Å². The van der Waals surface area contributed by atoms with E-state index in [2.05, 4.69) is 181 Å². The Bertz CT molecular complexity index is 3050. The van der Waals surface area contributed by atoms with Gasteiger partial charge in [0.1, 0.15) is 0 Å². The van der Waals surface area contributed by atoms with Crippen molar-refractivity contribution in [3.05, 3.63) is 198 Å². The molecule has 0 unspecified atom stereocenters. The van der Waals surface area contributed by atoms with Crippen molar-refractivity contribution < 1.29 is 0 Å². The fourth-order valence-corrected chi connectivity index (χ4v) is 12.1. The van der Waals surface area contributed by atoms with Gasteiger partial charge in [0.2, 0.25) is 0 Å². The molecular weight excluding hydrogens is 667 g/mol. The normalized spacial score (nSPS) is 13.5. The van der Waals surface area contributed by atoms with Gasteiger partial charge in [-0.25, -0.2) is 0 Å². The van der Waals surface area contributed by atoms with Crippen LogP contribution in [0.2, 0.25) is 0 Å². The van der Waals surface area contributed by atoms with Crippen molar-refractivity contribution in [3.8, 4) is 22.3 Å². The molecule has 52 heavy (non-hydrogen) atoms. The molecule has 0 aliphatic heterocycles. The highest BCUT2D eigenvalue weighted by atomic mass is 32.1. The molecule has 0 fully saturated rings. The first-order valence-corrected chi connectivity index (χ1v) is 19.5. The van der Waals surface area contributed by atoms with Crippen LogP contribution in [0.25, 0.3) is 62.6 Å². The average Bonchev–Trinajstić information content (AvgIpc) is 3.94. The molecule has 2 heterocycles. The van der Waals surface area contributed by atoms with Crippen LogP contribution in [0, 0.1) is 0 Å². The van der Waals surface area contributed by atoms with Crippen molar-refractivity contribution in [1.29, 1.82) is 0 Å². The fraction of sp³-hybridized carbons (Fsp3) is 0.0204. The number of hydrogen-bond acceptors (Lipinski definition) is 3. The lowest BCUT2D eigenvalue weighted by molar-refractivity contribution is 0.794. The zero-order valence-electron chi connectivity index (χ0n) is 28.0. The molecule has 242 valence electrons. The second-order valence-electron chi connectivity index (χ2n) is 13.9. The van der Waals surface area contributed by atoms with Crippen molar-refractivity contribution in [1.82, 2.24) is 0 Å². The van der Waals surface area contributed by atoms with Crippen LogP contribution in [0.4, 0.5) is 17.1 Å². The largest absolute Gasteiger partial charge is 0.308 e. The number of anilines is 3. The molecule has 0 amide bonds. The molecule has 10 aromatic rings. The molecule has 0 N–H and O–H groups in total. The first kappa shape index (κ1) is 28.7. The van der Waals surface area contributed by atoms with Gasteiger partial charge in [0, 0.05) is 46.9 Å². The molecular formula is C49H29NS2. The third kappa shape index (κ3) is 3.57. The van der Waals surface area contributed by atoms with E-state index >= 15 is 0 Å². The number of benzene rings is 8. The standard InChI is InChI=1S/C49H29NS2/c1-2-14-30(15-3-1)50(42-26-12-20-33-34-28-29-44-46(48(34)52-47(33)42)36-19-7-11-27-43(36)51-44)41-25-13-24-40-45(41)35-18-6-10-23-39(35)49(40)37-21-8-4-16-31(37)32-17-5-9-22-38(32)49/h1-29H. The minimum atomic E-state index is -0.396. The zero-order chi connectivity index (χ0) is 34.0. The Hall–Kier alpha value is -6.00. The van der Waals surface area contributed by atoms with Crippen molar-refractivity contribution in [3.63, 3.8) is 0 Å². The summed E-state index contributed by atoms with van der Waals surface area (Å²) >= 11 is 3.83. The first-order valence-electron chi connectivity index (χ1n) is 17.9. The second kappa shape index (κ2) is 10.5. The number of fused-ring (bicyclic) bond motifs is 17. The molecule has 0 atom stereocenters. The SMILES string of the molecule is c1ccc(N(c2cccc3c2-c2ccccc2C32c3ccccc3-c3ccccc32)c2cccc3c2sc2c3ccc3sc4ccccc4c32)cc1. The monoisotopic (exact) mass is 695 g/mol. The molecule has 3 heteroatoms. The molecule has 0 radical (unpaired) electrons. The van der Waals surface area contributed by atoms with Crippen molar-refractivity contribution in [2.45, 2.75) is 5.41 Å². The van der Waals surface area contributed by atoms with Crippen molar-refractivity contribution in [2.24, 2.45) is 0 Å². The summed E-state index contributed by atoms with van der Waals surface area (Å²) in [6.45, 7) is 0. The smallest absolute Gasteiger partial charge is 0.0726 e. The number of para-hydroxylation sites is 1. The highest BCUT2D eigenvalue weighted by molar-refractivity contribution is 7.30. The Morgan fingerprint density at radius 2 is 0.942 bits per heavy atom. The van der Waals surface area contributed by atoms with Gasteiger partial charge in [-0.2, -0.15) is 0 Å². The van der Waals surface area contributed by atoms with Crippen LogP contribution >= 0.6 is 22.7 Å². The maximum Gasteiger partial charge on any atom is 0.0726 e. The van der Waals surface area contributed by atoms with Gasteiger partial charge in [0.15, 0.2) is 0 Å². The summed E-state index contributed by atoms with van der Waals surface area (Å²) in [7, 11) is 0. The van der Waals surface area contributed by atoms with Gasteiger partial charge in [0.25, 0.3) is 0 Å². The maximum atomic E-state index is 2.53. The van der Waals surface area contributed by atoms with Crippen LogP contribution in [0.5, 0.6) is 0 Å². The summed E-state index contributed by atoms with van der Waals surface area (Å²) in [5.74, 6) is 0. The third-order valence-corrected chi connectivity index (χ3v) is 13.9. The van der Waals surface area contributed by atoms with Gasteiger partial charge < -0.3 is 4.90 Å². The zero-order valence-corrected chi connectivity index (χ0v) is 29.6. The molecule has 1 spiro atoms. The topological polar surface area (TPSA) is 3.24 Å². The molecule has 2 aromatic heterocycles. The minimum absolute atomic E-state index is 0.396. The van der Waals surface area contributed by atoms with Crippen LogP contribution in [-0.4, -0.2) is 0 Å². The number of rotatable bonds is 3. The number of nitrogens with zero attached hydrogens (tertiary/aromatic N) is 1. The molecule has 2 aliphatic rings. The summed E-state index contributed by atoms with van der Waals surface area (Å²) in [4.78, 5) is 2.53. The lowest BCUT2D eigenvalue weighted by atomic mass is 9.70. The van der Waals surface area contributed by atoms with Gasteiger partial charge >= 0.3 is 0 Å². The van der Waals surface area contributed by atoms with Gasteiger partial charge in [-0.05, 0) is 75.3 Å². The molecule has 0 saturated heterocycles. The molecule has 1 nitrogen and oxygen atoms in total. The summed E-state index contributed by atoms with van der Waals surface area (Å²) in [5, 5.41) is 5.36. The summed E-state index contributed by atoms with van der Waals surface area (Å²) in [6, 6.07) is 65.6. The highest BCUT2D eigenvalue weighted by Gasteiger charge is 2.52. The minimum Gasteiger partial charge on any atom is -0.308 e. The summed E-state index contributed by atoms with van der Waals surface area (Å²) in [5.41, 5.74) is 13.9. The molecule has 12 rings (SSSR count). The van der Waals surface area contributed by atoms with Gasteiger partial charge in [0.05, 0.1) is 21.5 Å². The number of hydrogen-bond donors (Lipinski definition) is 0. The molecule has 0 saturated carbocycles. The van der Waals surface area contributed by atoms with Gasteiger partial charge in [-0.1, -0.05) is 140 Å². The second-order valence-corrected chi connectivity index (χ2v) is 16.0. The van der Waals surface area contributed by atoms with E-state index in [1.165, 1.54) is 96.2 Å². The van der Waals surface area contributed by atoms with Crippen LogP contribution in [-0.2, 0) is 5.41 Å². The maximum absolute atomic E-state index is 2.53. The predicted octanol–water partition coefficient (Wildman–Crippen LogP) is 14.2. The predicted molar refractivity (Wildman–Crippen MR) is 223 cm³/mol. The Morgan fingerprint density at radius 1 is 0.365 bits per heavy atom. The van der Waals surface area contributed by atoms with Crippen LogP contribution in [0.15, 0.2) is 176 Å². The lowest BCUT2D eigenvalue weighted by Gasteiger charge is -2.32. The molecule has 8 aromatic carbocycles. The summed E-state index contributed by atoms with van der Waals surface area (Å²) < 4.78 is 5.36. The Morgan fingerprint density at radius 3 is 1.73 bits per heavy atom. The summed E-state index contributed by atoms with van der Waals surface area (Å²) in [6.07, 6.45) is 0. The van der Waals surface area contributed by atoms with E-state index in [0.29, 0.717) is 0 Å². The van der Waals surface area contributed by atoms with Crippen LogP contribution < -0.4 is 4.90 Å². The van der Waals surface area contributed by atoms with E-state index in [1.54, 1.807) is 0 Å². The lowest BCUT2D eigenvalue weighted by Crippen LogP contribution is -2.26.